The molecule has 0 radical (unpaired) electrons. The van der Waals surface area contributed by atoms with Crippen LogP contribution < -0.4 is 4.90 Å². The molecule has 0 N–H and O–H groups in total. The van der Waals surface area contributed by atoms with Crippen LogP contribution in [0, 0.1) is 6.92 Å². The zero-order chi connectivity index (χ0) is 26.4. The first-order valence-corrected chi connectivity index (χ1v) is 15.5. The third-order valence-electron chi connectivity index (χ3n) is 6.68. The number of hydrogen-bond donors (Lipinski definition) is 0. The molecule has 7 nitrogen and oxygen atoms in total. The first kappa shape index (κ1) is 27.7. The minimum Gasteiger partial charge on any atom is -0.376 e. The number of nitrogens with zero attached hydrogens (tertiary/aromatic N) is 3. The number of hydrogen-bond acceptors (Lipinski definition) is 6. The molecule has 1 aliphatic rings. The van der Waals surface area contributed by atoms with Crippen LogP contribution in [-0.2, 0) is 14.8 Å². The van der Waals surface area contributed by atoms with E-state index in [1.165, 1.54) is 11.3 Å². The molecule has 9 heteroatoms. The van der Waals surface area contributed by atoms with Gasteiger partial charge in [-0.05, 0) is 74.6 Å². The average molecular weight is 544 g/mol. The average Bonchev–Trinajstić information content (AvgIpc) is 3.56. The van der Waals surface area contributed by atoms with E-state index in [2.05, 4.69) is 19.9 Å². The van der Waals surface area contributed by atoms with Crippen molar-refractivity contribution in [2.45, 2.75) is 70.3 Å². The van der Waals surface area contributed by atoms with E-state index in [4.69, 9.17) is 9.72 Å². The predicted octanol–water partition coefficient (Wildman–Crippen LogP) is 6.02. The summed E-state index contributed by atoms with van der Waals surface area (Å²) in [5.74, 6) is -0.205. The van der Waals surface area contributed by atoms with Crippen LogP contribution in [0.5, 0.6) is 0 Å². The molecule has 1 atom stereocenters. The number of amides is 1. The van der Waals surface area contributed by atoms with Crippen LogP contribution in [0.3, 0.4) is 0 Å². The first-order chi connectivity index (χ1) is 17.8. The van der Waals surface area contributed by atoms with Crippen LogP contribution in [-0.4, -0.2) is 56.0 Å². The lowest BCUT2D eigenvalue weighted by molar-refractivity contribution is 0.0917. The second-order valence-corrected chi connectivity index (χ2v) is 12.6. The number of aryl methyl sites for hydroxylation is 1. The Morgan fingerprint density at radius 2 is 1.78 bits per heavy atom. The maximum atomic E-state index is 13.7. The van der Waals surface area contributed by atoms with Gasteiger partial charge in [-0.25, -0.2) is 13.4 Å². The van der Waals surface area contributed by atoms with Crippen molar-refractivity contribution >= 4 is 42.6 Å². The number of ether oxygens (including phenoxy) is 1. The number of sulfonamides is 1. The minimum atomic E-state index is -3.62. The van der Waals surface area contributed by atoms with Crippen LogP contribution in [0.15, 0.2) is 47.4 Å². The standard InChI is InChI=1S/C28H37N3O4S2/c1-4-6-16-30(17-7-5-2)37(33,34)24-13-11-22(12-14-24)27(32)31(20-23-9-8-18-35-23)28-29-25-15-10-21(3)19-26(25)36-28/h10-15,19,23H,4-9,16-18,20H2,1-3H3. The SMILES string of the molecule is CCCCN(CCCC)S(=O)(=O)c1ccc(C(=O)N(CC2CCCO2)c2nc3ccc(C)cc3s2)cc1. The smallest absolute Gasteiger partial charge is 0.260 e. The number of unbranched alkanes of at least 4 members (excludes halogenated alkanes) is 2. The summed E-state index contributed by atoms with van der Waals surface area (Å²) < 4.78 is 35.1. The number of carbonyl (C=O) groups excluding carboxylic acids is 1. The Bertz CT molecular complexity index is 1290. The predicted molar refractivity (Wildman–Crippen MR) is 150 cm³/mol. The minimum absolute atomic E-state index is 0.0389. The highest BCUT2D eigenvalue weighted by atomic mass is 32.2. The Morgan fingerprint density at radius 1 is 1.08 bits per heavy atom. The van der Waals surface area contributed by atoms with Gasteiger partial charge in [0.15, 0.2) is 5.13 Å². The largest absolute Gasteiger partial charge is 0.376 e. The van der Waals surface area contributed by atoms with Crippen molar-refractivity contribution < 1.29 is 17.9 Å². The van der Waals surface area contributed by atoms with E-state index < -0.39 is 10.0 Å². The molecule has 37 heavy (non-hydrogen) atoms. The number of carbonyl (C=O) groups is 1. The molecule has 3 aromatic rings. The van der Waals surface area contributed by atoms with Gasteiger partial charge in [0.2, 0.25) is 10.0 Å². The van der Waals surface area contributed by atoms with E-state index in [9.17, 15) is 13.2 Å². The summed E-state index contributed by atoms with van der Waals surface area (Å²) in [6.07, 6.45) is 5.33. The summed E-state index contributed by atoms with van der Waals surface area (Å²) in [7, 11) is -3.62. The molecule has 200 valence electrons. The molecular weight excluding hydrogens is 506 g/mol. The zero-order valence-electron chi connectivity index (χ0n) is 22.0. The molecule has 2 aromatic carbocycles. The summed E-state index contributed by atoms with van der Waals surface area (Å²) in [5.41, 5.74) is 2.43. The van der Waals surface area contributed by atoms with Gasteiger partial charge in [0, 0.05) is 25.3 Å². The van der Waals surface area contributed by atoms with E-state index in [1.54, 1.807) is 33.5 Å². The second kappa shape index (κ2) is 12.5. The van der Waals surface area contributed by atoms with Gasteiger partial charge in [-0.1, -0.05) is 44.1 Å². The van der Waals surface area contributed by atoms with E-state index in [0.29, 0.717) is 36.9 Å². The Kier molecular flexibility index (Phi) is 9.34. The van der Waals surface area contributed by atoms with Crippen LogP contribution in [0.25, 0.3) is 10.2 Å². The van der Waals surface area contributed by atoms with Crippen molar-refractivity contribution in [2.24, 2.45) is 0 Å². The number of anilines is 1. The van der Waals surface area contributed by atoms with Crippen LogP contribution >= 0.6 is 11.3 Å². The normalized spacial score (nSPS) is 16.1. The number of rotatable bonds is 12. The second-order valence-electron chi connectivity index (χ2n) is 9.65. The molecule has 0 aliphatic carbocycles. The summed E-state index contributed by atoms with van der Waals surface area (Å²) >= 11 is 1.49. The molecule has 1 amide bonds. The monoisotopic (exact) mass is 543 g/mol. The van der Waals surface area contributed by atoms with Crippen molar-refractivity contribution in [1.29, 1.82) is 0 Å². The van der Waals surface area contributed by atoms with E-state index in [1.807, 2.05) is 19.1 Å². The fourth-order valence-corrected chi connectivity index (χ4v) is 7.06. The quantitative estimate of drug-likeness (QED) is 0.279. The Morgan fingerprint density at radius 3 is 2.41 bits per heavy atom. The van der Waals surface area contributed by atoms with Gasteiger partial charge in [-0.2, -0.15) is 4.31 Å². The van der Waals surface area contributed by atoms with Crippen molar-refractivity contribution in [3.05, 3.63) is 53.6 Å². The highest BCUT2D eigenvalue weighted by Gasteiger charge is 2.28. The molecule has 1 fully saturated rings. The van der Waals surface area contributed by atoms with Gasteiger partial charge < -0.3 is 4.74 Å². The molecule has 0 bridgehead atoms. The molecule has 1 saturated heterocycles. The molecule has 0 spiro atoms. The van der Waals surface area contributed by atoms with Crippen molar-refractivity contribution in [2.75, 3.05) is 31.1 Å². The van der Waals surface area contributed by atoms with Crippen molar-refractivity contribution in [1.82, 2.24) is 9.29 Å². The fourth-order valence-electron chi connectivity index (χ4n) is 4.47. The third kappa shape index (κ3) is 6.57. The van der Waals surface area contributed by atoms with Gasteiger partial charge in [-0.15, -0.1) is 0 Å². The lowest BCUT2D eigenvalue weighted by atomic mass is 10.2. The lowest BCUT2D eigenvalue weighted by Crippen LogP contribution is -2.37. The first-order valence-electron chi connectivity index (χ1n) is 13.2. The highest BCUT2D eigenvalue weighted by molar-refractivity contribution is 7.89. The fraction of sp³-hybridized carbons (Fsp3) is 0.500. The Labute approximate surface area is 224 Å². The molecule has 1 aliphatic heterocycles. The molecule has 1 aromatic heterocycles. The van der Waals surface area contributed by atoms with Crippen molar-refractivity contribution in [3.63, 3.8) is 0 Å². The third-order valence-corrected chi connectivity index (χ3v) is 9.63. The summed E-state index contributed by atoms with van der Waals surface area (Å²) in [4.78, 5) is 20.4. The molecule has 2 heterocycles. The summed E-state index contributed by atoms with van der Waals surface area (Å²) in [6.45, 7) is 8.28. The number of fused-ring (bicyclic) bond motifs is 1. The number of thiazole rings is 1. The van der Waals surface area contributed by atoms with Crippen LogP contribution in [0.2, 0.25) is 0 Å². The van der Waals surface area contributed by atoms with Crippen molar-refractivity contribution in [3.8, 4) is 0 Å². The highest BCUT2D eigenvalue weighted by Crippen LogP contribution is 2.32. The molecule has 1 unspecified atom stereocenters. The maximum Gasteiger partial charge on any atom is 0.260 e. The topological polar surface area (TPSA) is 79.8 Å². The van der Waals surface area contributed by atoms with Gasteiger partial charge in [0.25, 0.3) is 5.91 Å². The van der Waals surface area contributed by atoms with Gasteiger partial charge in [-0.3, -0.25) is 9.69 Å². The number of aromatic nitrogens is 1. The van der Waals surface area contributed by atoms with Crippen LogP contribution in [0.4, 0.5) is 5.13 Å². The van der Waals surface area contributed by atoms with E-state index in [0.717, 1.165) is 54.3 Å². The van der Waals surface area contributed by atoms with Gasteiger partial charge in [0.05, 0.1) is 27.8 Å². The Balaban J connectivity index is 1.60. The zero-order valence-corrected chi connectivity index (χ0v) is 23.6. The summed E-state index contributed by atoms with van der Waals surface area (Å²) in [5, 5.41) is 0.628. The Hall–Kier alpha value is -2.33. The van der Waals surface area contributed by atoms with Gasteiger partial charge >= 0.3 is 0 Å². The lowest BCUT2D eigenvalue weighted by Gasteiger charge is -2.24. The van der Waals surface area contributed by atoms with Gasteiger partial charge in [0.1, 0.15) is 0 Å². The van der Waals surface area contributed by atoms with E-state index >= 15 is 0 Å². The summed E-state index contributed by atoms with van der Waals surface area (Å²) in [6, 6.07) is 12.4. The maximum absolute atomic E-state index is 13.7. The van der Waals surface area contributed by atoms with E-state index in [-0.39, 0.29) is 16.9 Å². The number of benzene rings is 2. The molecule has 0 saturated carbocycles. The molecular formula is C28H37N3O4S2. The molecule has 4 rings (SSSR count). The van der Waals surface area contributed by atoms with Crippen LogP contribution in [0.1, 0.15) is 68.3 Å².